The van der Waals surface area contributed by atoms with Crippen LogP contribution in [0.2, 0.25) is 0 Å². The van der Waals surface area contributed by atoms with Gasteiger partial charge in [0.05, 0.1) is 0 Å². The van der Waals surface area contributed by atoms with Crippen LogP contribution in [0.5, 0.6) is 0 Å². The molecule has 0 aromatic heterocycles. The molecular formula is C61H70S4. The van der Waals surface area contributed by atoms with E-state index in [-0.39, 0.29) is 5.41 Å². The third-order valence-corrected chi connectivity index (χ3v) is 19.6. The predicted octanol–water partition coefficient (Wildman–Crippen LogP) is 21.1. The van der Waals surface area contributed by atoms with Gasteiger partial charge in [-0.25, -0.2) is 0 Å². The van der Waals surface area contributed by atoms with Gasteiger partial charge in [0, 0.05) is 44.6 Å². The van der Waals surface area contributed by atoms with Crippen LogP contribution >= 0.6 is 47.0 Å². The topological polar surface area (TPSA) is 0 Å². The summed E-state index contributed by atoms with van der Waals surface area (Å²) >= 11 is 7.80. The van der Waals surface area contributed by atoms with Crippen molar-refractivity contribution in [1.29, 1.82) is 0 Å². The molecule has 0 unspecified atom stereocenters. The first-order valence-electron chi connectivity index (χ1n) is 25.6. The van der Waals surface area contributed by atoms with Crippen molar-refractivity contribution in [2.24, 2.45) is 0 Å². The largest absolute Gasteiger partial charge is 0.0877 e. The fourth-order valence-electron chi connectivity index (χ4n) is 10.9. The highest BCUT2D eigenvalue weighted by molar-refractivity contribution is 8.05. The van der Waals surface area contributed by atoms with E-state index in [9.17, 15) is 0 Å². The van der Waals surface area contributed by atoms with E-state index in [0.29, 0.717) is 0 Å². The second-order valence-electron chi connectivity index (χ2n) is 19.0. The maximum absolute atomic E-state index is 2.68. The molecule has 3 aliphatic rings. The van der Waals surface area contributed by atoms with Crippen molar-refractivity contribution in [3.63, 3.8) is 0 Å². The quantitative estimate of drug-likeness (QED) is 0.0554. The summed E-state index contributed by atoms with van der Waals surface area (Å²) in [7, 11) is 0. The van der Waals surface area contributed by atoms with Gasteiger partial charge in [-0.2, -0.15) is 0 Å². The van der Waals surface area contributed by atoms with Crippen LogP contribution < -0.4 is 0 Å². The van der Waals surface area contributed by atoms with Crippen LogP contribution in [0.3, 0.4) is 0 Å². The minimum absolute atomic E-state index is 0.0103. The fourth-order valence-corrected chi connectivity index (χ4v) is 15.7. The molecule has 1 aliphatic carbocycles. The molecule has 338 valence electrons. The normalized spacial score (nSPS) is 14.0. The molecule has 0 radical (unpaired) electrons. The highest BCUT2D eigenvalue weighted by Gasteiger charge is 2.43. The maximum Gasteiger partial charge on any atom is 0.0340 e. The van der Waals surface area contributed by atoms with E-state index in [4.69, 9.17) is 0 Å². The monoisotopic (exact) mass is 930 g/mol. The van der Waals surface area contributed by atoms with Crippen LogP contribution in [-0.4, -0.2) is 0 Å². The molecule has 0 fully saturated rings. The lowest BCUT2D eigenvalue weighted by Gasteiger charge is -2.34. The van der Waals surface area contributed by atoms with Crippen LogP contribution in [0.15, 0.2) is 160 Å². The fraction of sp³-hybridized carbons (Fsp3) is 0.410. The van der Waals surface area contributed by atoms with Crippen LogP contribution in [0.25, 0.3) is 33.4 Å². The van der Waals surface area contributed by atoms with Gasteiger partial charge < -0.3 is 0 Å². The van der Waals surface area contributed by atoms with Crippen molar-refractivity contribution in [3.8, 4) is 33.4 Å². The van der Waals surface area contributed by atoms with Crippen molar-refractivity contribution < 1.29 is 0 Å². The minimum Gasteiger partial charge on any atom is -0.0877 e. The van der Waals surface area contributed by atoms with Gasteiger partial charge in [0.15, 0.2) is 0 Å². The molecule has 65 heavy (non-hydrogen) atoms. The Morgan fingerprint density at radius 2 is 0.646 bits per heavy atom. The van der Waals surface area contributed by atoms with Gasteiger partial charge in [0.1, 0.15) is 0 Å². The first-order valence-corrected chi connectivity index (χ1v) is 28.9. The number of hydrogen-bond acceptors (Lipinski definition) is 4. The Hall–Kier alpha value is -3.28. The Kier molecular flexibility index (Phi) is 16.7. The molecule has 2 heterocycles. The molecule has 0 bridgehead atoms. The van der Waals surface area contributed by atoms with Gasteiger partial charge >= 0.3 is 0 Å². The lowest BCUT2D eigenvalue weighted by molar-refractivity contribution is 0.397. The Balaban J connectivity index is 1.06. The highest BCUT2D eigenvalue weighted by atomic mass is 32.2. The Labute approximate surface area is 409 Å². The SMILES string of the molecule is CCCCCCCCCCCCC1(CCCCCCCCCCCC)c2cc(-c3cccc4c3Sc3ccccc3S4)ccc2-c2ccc(-c3cccc4c3Sc3ccccc3S4)cc21. The summed E-state index contributed by atoms with van der Waals surface area (Å²) in [5, 5.41) is 0. The van der Waals surface area contributed by atoms with E-state index in [1.165, 1.54) is 214 Å². The molecule has 0 spiro atoms. The molecule has 0 saturated heterocycles. The van der Waals surface area contributed by atoms with Gasteiger partial charge in [0.2, 0.25) is 0 Å². The molecule has 2 aliphatic heterocycles. The summed E-state index contributed by atoms with van der Waals surface area (Å²) in [4.78, 5) is 11.1. The van der Waals surface area contributed by atoms with Gasteiger partial charge in [-0.1, -0.05) is 262 Å². The van der Waals surface area contributed by atoms with E-state index in [1.54, 1.807) is 11.1 Å². The molecule has 0 N–H and O–H groups in total. The van der Waals surface area contributed by atoms with Crippen LogP contribution in [0, 0.1) is 0 Å². The lowest BCUT2D eigenvalue weighted by atomic mass is 9.70. The Bertz CT molecular complexity index is 2340. The van der Waals surface area contributed by atoms with Gasteiger partial charge in [0.25, 0.3) is 0 Å². The molecule has 4 heteroatoms. The number of fused-ring (bicyclic) bond motifs is 7. The molecule has 6 aromatic carbocycles. The molecule has 9 rings (SSSR count). The van der Waals surface area contributed by atoms with Crippen molar-refractivity contribution in [2.45, 2.75) is 200 Å². The number of hydrogen-bond donors (Lipinski definition) is 0. The summed E-state index contributed by atoms with van der Waals surface area (Å²) in [6, 6.07) is 47.2. The summed E-state index contributed by atoms with van der Waals surface area (Å²) in [5.74, 6) is 0. The Morgan fingerprint density at radius 1 is 0.308 bits per heavy atom. The predicted molar refractivity (Wildman–Crippen MR) is 286 cm³/mol. The van der Waals surface area contributed by atoms with Crippen molar-refractivity contribution >= 4 is 47.0 Å². The van der Waals surface area contributed by atoms with E-state index in [0.717, 1.165) is 0 Å². The third-order valence-electron chi connectivity index (χ3n) is 14.4. The molecular weight excluding hydrogens is 861 g/mol. The summed E-state index contributed by atoms with van der Waals surface area (Å²) in [6.45, 7) is 4.65. The molecule has 0 atom stereocenters. The minimum atomic E-state index is -0.0103. The number of benzene rings is 6. The number of unbranched alkanes of at least 4 members (excludes halogenated alkanes) is 18. The van der Waals surface area contributed by atoms with Gasteiger partial charge in [-0.05, 0) is 106 Å². The lowest BCUT2D eigenvalue weighted by Crippen LogP contribution is -2.25. The molecule has 6 aromatic rings. The first kappa shape index (κ1) is 46.8. The van der Waals surface area contributed by atoms with Crippen LogP contribution in [-0.2, 0) is 5.41 Å². The van der Waals surface area contributed by atoms with E-state index >= 15 is 0 Å². The smallest absolute Gasteiger partial charge is 0.0340 e. The van der Waals surface area contributed by atoms with E-state index < -0.39 is 0 Å². The zero-order valence-electron chi connectivity index (χ0n) is 39.2. The second-order valence-corrected chi connectivity index (χ2v) is 23.3. The summed E-state index contributed by atoms with van der Waals surface area (Å²) in [5.41, 5.74) is 11.6. The van der Waals surface area contributed by atoms with Gasteiger partial charge in [-0.15, -0.1) is 0 Å². The number of rotatable bonds is 24. The van der Waals surface area contributed by atoms with E-state index in [2.05, 4.69) is 135 Å². The van der Waals surface area contributed by atoms with E-state index in [1.807, 2.05) is 47.0 Å². The van der Waals surface area contributed by atoms with Crippen molar-refractivity contribution in [1.82, 2.24) is 0 Å². The summed E-state index contributed by atoms with van der Waals surface area (Å²) in [6.07, 6.45) is 29.9. The highest BCUT2D eigenvalue weighted by Crippen LogP contribution is 2.58. The second kappa shape index (κ2) is 23.1. The standard InChI is InChI=1S/C61H70S4/c1-3-5-7-9-11-13-15-17-19-25-41-61(42-26-20-18-16-14-12-10-8-6-4-2)51-43-45(47-29-27-35-57-59(47)64-55-33-23-21-31-53(55)62-57)37-39-49(51)50-40-38-46(44-52(50)61)48-30-28-36-58-60(48)65-56-34-24-22-32-54(56)63-58/h21-24,27-40,43-44H,3-20,25-26,41-42H2,1-2H3. The summed E-state index contributed by atoms with van der Waals surface area (Å²) < 4.78 is 0. The van der Waals surface area contributed by atoms with Gasteiger partial charge in [-0.3, -0.25) is 0 Å². The molecule has 0 amide bonds. The van der Waals surface area contributed by atoms with Crippen LogP contribution in [0.1, 0.15) is 166 Å². The first-order chi connectivity index (χ1) is 32.2. The van der Waals surface area contributed by atoms with Crippen LogP contribution in [0.4, 0.5) is 0 Å². The average molecular weight is 931 g/mol. The average Bonchev–Trinajstić information content (AvgIpc) is 3.61. The molecule has 0 nitrogen and oxygen atoms in total. The zero-order chi connectivity index (χ0) is 44.3. The zero-order valence-corrected chi connectivity index (χ0v) is 42.5. The van der Waals surface area contributed by atoms with Crippen molar-refractivity contribution in [3.05, 3.63) is 132 Å². The third kappa shape index (κ3) is 10.9. The molecule has 0 saturated carbocycles. The maximum atomic E-state index is 2.68. The Morgan fingerprint density at radius 3 is 1.03 bits per heavy atom. The van der Waals surface area contributed by atoms with Crippen molar-refractivity contribution in [2.75, 3.05) is 0 Å².